The van der Waals surface area contributed by atoms with Crippen LogP contribution in [-0.2, 0) is 4.79 Å². The van der Waals surface area contributed by atoms with Crippen LogP contribution >= 0.6 is 11.6 Å². The van der Waals surface area contributed by atoms with Crippen LogP contribution < -0.4 is 5.73 Å². The molecule has 0 aliphatic carbocycles. The smallest absolute Gasteiger partial charge is 0.226 e. The number of hydrogen-bond donors (Lipinski definition) is 1. The molecule has 0 aliphatic heterocycles. The Labute approximate surface area is 74.1 Å². The van der Waals surface area contributed by atoms with Crippen LogP contribution in [0.1, 0.15) is 5.56 Å². The van der Waals surface area contributed by atoms with Gasteiger partial charge in [-0.1, -0.05) is 23.7 Å². The van der Waals surface area contributed by atoms with E-state index in [1.807, 2.05) is 0 Å². The van der Waals surface area contributed by atoms with Gasteiger partial charge in [0.05, 0.1) is 11.4 Å². The summed E-state index contributed by atoms with van der Waals surface area (Å²) in [5.74, 6) is -1.32. The third-order valence-corrected chi connectivity index (χ3v) is 1.57. The minimum Gasteiger partial charge on any atom is -0.369 e. The first kappa shape index (κ1) is 9.00. The second-order valence-electron chi connectivity index (χ2n) is 2.19. The second-order valence-corrected chi connectivity index (χ2v) is 2.60. The highest BCUT2D eigenvalue weighted by molar-refractivity contribution is 6.30. The maximum absolute atomic E-state index is 13.0. The summed E-state index contributed by atoms with van der Waals surface area (Å²) < 4.78 is 13.0. The molecule has 63 valence electrons. The monoisotopic (exact) mass is 186 g/mol. The molecule has 0 aromatic heterocycles. The summed E-state index contributed by atoms with van der Waals surface area (Å²) in [6.45, 7) is 0. The van der Waals surface area contributed by atoms with Crippen molar-refractivity contribution in [3.8, 4) is 0 Å². The van der Waals surface area contributed by atoms with Gasteiger partial charge in [-0.2, -0.15) is 0 Å². The van der Waals surface area contributed by atoms with Crippen molar-refractivity contribution in [1.82, 2.24) is 0 Å². The molecule has 0 saturated heterocycles. The van der Waals surface area contributed by atoms with Crippen molar-refractivity contribution in [2.75, 3.05) is 0 Å². The van der Waals surface area contributed by atoms with Crippen LogP contribution in [0.4, 0.5) is 4.39 Å². The molecule has 0 unspecified atom stereocenters. The summed E-state index contributed by atoms with van der Waals surface area (Å²) >= 11 is 5.45. The lowest BCUT2D eigenvalue weighted by Gasteiger charge is -1.99. The van der Waals surface area contributed by atoms with Crippen LogP contribution in [0.3, 0.4) is 0 Å². The molecular weight excluding hydrogens is 181 g/mol. The van der Waals surface area contributed by atoms with Gasteiger partial charge in [-0.3, -0.25) is 4.79 Å². The zero-order chi connectivity index (χ0) is 9.14. The zero-order valence-electron chi connectivity index (χ0n) is 6.05. The number of rotatable bonds is 2. The third kappa shape index (κ3) is 1.95. The van der Waals surface area contributed by atoms with Gasteiger partial charge in [0.25, 0.3) is 0 Å². The minimum atomic E-state index is -0.698. The van der Waals surface area contributed by atoms with Gasteiger partial charge < -0.3 is 5.73 Å². The fourth-order valence-electron chi connectivity index (χ4n) is 0.785. The highest BCUT2D eigenvalue weighted by Gasteiger charge is 2.08. The van der Waals surface area contributed by atoms with E-state index in [2.05, 4.69) is 0 Å². The summed E-state index contributed by atoms with van der Waals surface area (Å²) in [5.41, 5.74) is 4.95. The molecule has 0 aliphatic rings. The van der Waals surface area contributed by atoms with Gasteiger partial charge in [-0.05, 0) is 6.07 Å². The molecule has 0 fully saturated rings. The van der Waals surface area contributed by atoms with E-state index < -0.39 is 11.7 Å². The quantitative estimate of drug-likeness (QED) is 0.748. The second kappa shape index (κ2) is 3.54. The first-order valence-corrected chi connectivity index (χ1v) is 3.57. The molecule has 12 heavy (non-hydrogen) atoms. The van der Waals surface area contributed by atoms with Crippen LogP contribution in [0.5, 0.6) is 0 Å². The van der Waals surface area contributed by atoms with Crippen molar-refractivity contribution >= 4 is 17.5 Å². The average Bonchev–Trinajstić information content (AvgIpc) is 1.98. The Morgan fingerprint density at radius 2 is 2.25 bits per heavy atom. The summed E-state index contributed by atoms with van der Waals surface area (Å²) in [6.07, 6.45) is 0.987. The lowest BCUT2D eigenvalue weighted by Crippen LogP contribution is -2.12. The SMILES string of the molecule is NC(=O)[CH]c1cccc(Cl)c1F. The number of carbonyl (C=O) groups is 1. The van der Waals surface area contributed by atoms with Crippen LogP contribution in [0.2, 0.25) is 5.02 Å². The van der Waals surface area contributed by atoms with Crippen LogP contribution in [0, 0.1) is 12.2 Å². The first-order valence-electron chi connectivity index (χ1n) is 3.19. The standard InChI is InChI=1S/C8H6ClFNO/c9-6-3-1-2-5(8(6)10)4-7(11)12/h1-4H,(H2,11,12). The normalized spacial score (nSPS) is 9.83. The maximum Gasteiger partial charge on any atom is 0.226 e. The Balaban J connectivity index is 3.00. The van der Waals surface area contributed by atoms with E-state index in [0.29, 0.717) is 0 Å². The van der Waals surface area contributed by atoms with Gasteiger partial charge in [0.15, 0.2) is 0 Å². The summed E-state index contributed by atoms with van der Waals surface area (Å²) in [6, 6.07) is 4.36. The van der Waals surface area contributed by atoms with E-state index in [9.17, 15) is 9.18 Å². The summed E-state index contributed by atoms with van der Waals surface area (Å²) in [5, 5.41) is -0.0231. The van der Waals surface area contributed by atoms with Crippen molar-refractivity contribution in [1.29, 1.82) is 0 Å². The molecular formula is C8H6ClFNO. The zero-order valence-corrected chi connectivity index (χ0v) is 6.81. The summed E-state index contributed by atoms with van der Waals surface area (Å²) in [4.78, 5) is 10.4. The van der Waals surface area contributed by atoms with Crippen molar-refractivity contribution < 1.29 is 9.18 Å². The molecule has 0 bridgehead atoms. The summed E-state index contributed by atoms with van der Waals surface area (Å²) in [7, 11) is 0. The molecule has 0 spiro atoms. The molecule has 1 rings (SSSR count). The molecule has 1 radical (unpaired) electrons. The van der Waals surface area contributed by atoms with E-state index in [1.165, 1.54) is 12.1 Å². The molecule has 2 N–H and O–H groups in total. The first-order chi connectivity index (χ1) is 5.61. The molecule has 4 heteroatoms. The van der Waals surface area contributed by atoms with Crippen molar-refractivity contribution in [3.63, 3.8) is 0 Å². The Morgan fingerprint density at radius 1 is 1.58 bits per heavy atom. The molecule has 1 aromatic rings. The minimum absolute atomic E-state index is 0.0231. The Kier molecular flexibility index (Phi) is 2.65. The molecule has 1 aromatic carbocycles. The van der Waals surface area contributed by atoms with Gasteiger partial charge in [-0.15, -0.1) is 0 Å². The fourth-order valence-corrected chi connectivity index (χ4v) is 0.967. The number of nitrogens with two attached hydrogens (primary N) is 1. The van der Waals surface area contributed by atoms with E-state index in [1.54, 1.807) is 6.07 Å². The Hall–Kier alpha value is -1.09. The molecule has 0 heterocycles. The van der Waals surface area contributed by atoms with Crippen molar-refractivity contribution in [2.24, 2.45) is 5.73 Å². The Morgan fingerprint density at radius 3 is 2.83 bits per heavy atom. The van der Waals surface area contributed by atoms with Crippen molar-refractivity contribution in [3.05, 3.63) is 41.0 Å². The lowest BCUT2D eigenvalue weighted by molar-refractivity contribution is -0.114. The Bertz CT molecular complexity index is 314. The van der Waals surface area contributed by atoms with Crippen LogP contribution in [0.25, 0.3) is 0 Å². The van der Waals surface area contributed by atoms with Gasteiger partial charge in [0, 0.05) is 5.56 Å². The van der Waals surface area contributed by atoms with E-state index in [-0.39, 0.29) is 10.6 Å². The molecule has 2 nitrogen and oxygen atoms in total. The predicted octanol–water partition coefficient (Wildman–Crippen LogP) is 1.52. The average molecular weight is 187 g/mol. The predicted molar refractivity (Wildman–Crippen MR) is 44.0 cm³/mol. The van der Waals surface area contributed by atoms with Gasteiger partial charge >= 0.3 is 0 Å². The number of amides is 1. The highest BCUT2D eigenvalue weighted by atomic mass is 35.5. The number of benzene rings is 1. The van der Waals surface area contributed by atoms with E-state index >= 15 is 0 Å². The maximum atomic E-state index is 13.0. The topological polar surface area (TPSA) is 43.1 Å². The van der Waals surface area contributed by atoms with E-state index in [0.717, 1.165) is 6.42 Å². The van der Waals surface area contributed by atoms with Gasteiger partial charge in [0.1, 0.15) is 5.82 Å². The van der Waals surface area contributed by atoms with Gasteiger partial charge in [-0.25, -0.2) is 4.39 Å². The van der Waals surface area contributed by atoms with Crippen LogP contribution in [-0.4, -0.2) is 5.91 Å². The van der Waals surface area contributed by atoms with Crippen molar-refractivity contribution in [2.45, 2.75) is 0 Å². The fraction of sp³-hybridized carbons (Fsp3) is 0. The highest BCUT2D eigenvalue weighted by Crippen LogP contribution is 2.18. The number of carbonyl (C=O) groups excluding carboxylic acids is 1. The third-order valence-electron chi connectivity index (χ3n) is 1.28. The van der Waals surface area contributed by atoms with Crippen LogP contribution in [0.15, 0.2) is 18.2 Å². The van der Waals surface area contributed by atoms with E-state index in [4.69, 9.17) is 17.3 Å². The number of primary amides is 1. The van der Waals surface area contributed by atoms with Gasteiger partial charge in [0.2, 0.25) is 5.91 Å². The lowest BCUT2D eigenvalue weighted by atomic mass is 10.1. The molecule has 0 saturated carbocycles. The number of halogens is 2. The molecule has 0 atom stereocenters. The number of hydrogen-bond acceptors (Lipinski definition) is 1. The largest absolute Gasteiger partial charge is 0.369 e. The molecule has 1 amide bonds.